The Balaban J connectivity index is 2.11. The summed E-state index contributed by atoms with van der Waals surface area (Å²) in [6, 6.07) is 14.8. The standard InChI is InChI=1S/C17H19ClN2O2/c1-13-15(18)8-5-9-16(13)19-17(22)20(10-11-21)12-14-6-3-2-4-7-14/h2-9,21H,10-12H2,1H3,(H,19,22). The highest BCUT2D eigenvalue weighted by atomic mass is 35.5. The molecule has 0 saturated carbocycles. The minimum absolute atomic E-state index is 0.0885. The Bertz CT molecular complexity index is 632. The van der Waals surface area contributed by atoms with Crippen molar-refractivity contribution in [2.45, 2.75) is 13.5 Å². The molecule has 116 valence electrons. The number of aliphatic hydroxyl groups excluding tert-OH is 1. The molecule has 0 saturated heterocycles. The summed E-state index contributed by atoms with van der Waals surface area (Å²) < 4.78 is 0. The SMILES string of the molecule is Cc1c(Cl)cccc1NC(=O)N(CCO)Cc1ccccc1. The van der Waals surface area contributed by atoms with Crippen LogP contribution in [-0.2, 0) is 6.54 Å². The Hall–Kier alpha value is -2.04. The number of anilines is 1. The molecule has 4 nitrogen and oxygen atoms in total. The summed E-state index contributed by atoms with van der Waals surface area (Å²) in [6.45, 7) is 2.47. The molecule has 0 aliphatic carbocycles. The molecule has 0 unspecified atom stereocenters. The molecule has 0 aromatic heterocycles. The predicted octanol–water partition coefficient (Wildman–Crippen LogP) is 3.67. The van der Waals surface area contributed by atoms with Crippen LogP contribution in [0.4, 0.5) is 10.5 Å². The van der Waals surface area contributed by atoms with E-state index in [0.29, 0.717) is 17.3 Å². The molecule has 0 heterocycles. The van der Waals surface area contributed by atoms with Crippen LogP contribution in [0.15, 0.2) is 48.5 Å². The van der Waals surface area contributed by atoms with Gasteiger partial charge in [-0.3, -0.25) is 0 Å². The molecular weight excluding hydrogens is 300 g/mol. The number of hydrogen-bond acceptors (Lipinski definition) is 2. The molecule has 0 bridgehead atoms. The lowest BCUT2D eigenvalue weighted by Crippen LogP contribution is -2.36. The number of nitrogens with one attached hydrogen (secondary N) is 1. The predicted molar refractivity (Wildman–Crippen MR) is 89.1 cm³/mol. The fourth-order valence-electron chi connectivity index (χ4n) is 2.11. The molecule has 0 aliphatic rings. The topological polar surface area (TPSA) is 52.6 Å². The Kier molecular flexibility index (Phi) is 5.81. The highest BCUT2D eigenvalue weighted by Crippen LogP contribution is 2.23. The lowest BCUT2D eigenvalue weighted by Gasteiger charge is -2.23. The second kappa shape index (κ2) is 7.82. The number of amides is 2. The van der Waals surface area contributed by atoms with Gasteiger partial charge in [-0.1, -0.05) is 48.0 Å². The molecule has 2 aromatic rings. The molecular formula is C17H19ClN2O2. The van der Waals surface area contributed by atoms with Crippen molar-refractivity contribution in [2.24, 2.45) is 0 Å². The Morgan fingerprint density at radius 2 is 1.91 bits per heavy atom. The van der Waals surface area contributed by atoms with Gasteiger partial charge in [-0.2, -0.15) is 0 Å². The van der Waals surface area contributed by atoms with Crippen LogP contribution in [0.1, 0.15) is 11.1 Å². The number of urea groups is 1. The zero-order valence-electron chi connectivity index (χ0n) is 12.4. The number of hydrogen-bond donors (Lipinski definition) is 2. The first kappa shape index (κ1) is 16.3. The summed E-state index contributed by atoms with van der Waals surface area (Å²) in [5, 5.41) is 12.6. The van der Waals surface area contributed by atoms with E-state index in [-0.39, 0.29) is 19.2 Å². The third-order valence-corrected chi connectivity index (χ3v) is 3.79. The lowest BCUT2D eigenvalue weighted by atomic mass is 10.2. The maximum absolute atomic E-state index is 12.4. The van der Waals surface area contributed by atoms with E-state index in [4.69, 9.17) is 11.6 Å². The van der Waals surface area contributed by atoms with E-state index in [1.807, 2.05) is 37.3 Å². The van der Waals surface area contributed by atoms with Crippen LogP contribution >= 0.6 is 11.6 Å². The zero-order chi connectivity index (χ0) is 15.9. The van der Waals surface area contributed by atoms with Crippen LogP contribution < -0.4 is 5.32 Å². The van der Waals surface area contributed by atoms with Crippen molar-refractivity contribution in [1.29, 1.82) is 0 Å². The molecule has 22 heavy (non-hydrogen) atoms. The Morgan fingerprint density at radius 3 is 2.59 bits per heavy atom. The van der Waals surface area contributed by atoms with E-state index < -0.39 is 0 Å². The van der Waals surface area contributed by atoms with Crippen LogP contribution in [0.25, 0.3) is 0 Å². The largest absolute Gasteiger partial charge is 0.395 e. The minimum Gasteiger partial charge on any atom is -0.395 e. The Morgan fingerprint density at radius 1 is 1.18 bits per heavy atom. The number of carbonyl (C=O) groups is 1. The summed E-state index contributed by atoms with van der Waals surface area (Å²) in [5.74, 6) is 0. The first-order valence-electron chi connectivity index (χ1n) is 7.07. The average Bonchev–Trinajstić information content (AvgIpc) is 2.52. The van der Waals surface area contributed by atoms with Gasteiger partial charge in [0, 0.05) is 23.8 Å². The summed E-state index contributed by atoms with van der Waals surface area (Å²) in [6.07, 6.45) is 0. The van der Waals surface area contributed by atoms with E-state index in [2.05, 4.69) is 5.32 Å². The van der Waals surface area contributed by atoms with Gasteiger partial charge in [0.15, 0.2) is 0 Å². The Labute approximate surface area is 135 Å². The normalized spacial score (nSPS) is 10.3. The molecule has 0 spiro atoms. The second-order valence-corrected chi connectivity index (χ2v) is 5.38. The number of rotatable bonds is 5. The maximum Gasteiger partial charge on any atom is 0.322 e. The van der Waals surface area contributed by atoms with Gasteiger partial charge in [-0.25, -0.2) is 4.79 Å². The van der Waals surface area contributed by atoms with Crippen molar-refractivity contribution in [3.05, 3.63) is 64.7 Å². The van der Waals surface area contributed by atoms with Crippen LogP contribution in [0.5, 0.6) is 0 Å². The van der Waals surface area contributed by atoms with Crippen molar-refractivity contribution in [3.63, 3.8) is 0 Å². The van der Waals surface area contributed by atoms with Gasteiger partial charge < -0.3 is 15.3 Å². The maximum atomic E-state index is 12.4. The lowest BCUT2D eigenvalue weighted by molar-refractivity contribution is 0.185. The third-order valence-electron chi connectivity index (χ3n) is 3.38. The van der Waals surface area contributed by atoms with E-state index in [1.54, 1.807) is 23.1 Å². The number of nitrogens with zero attached hydrogens (tertiary/aromatic N) is 1. The van der Waals surface area contributed by atoms with Crippen molar-refractivity contribution < 1.29 is 9.90 Å². The van der Waals surface area contributed by atoms with Crippen LogP contribution in [0, 0.1) is 6.92 Å². The van der Waals surface area contributed by atoms with Gasteiger partial charge in [0.05, 0.1) is 6.61 Å². The van der Waals surface area contributed by atoms with Crippen molar-refractivity contribution in [2.75, 3.05) is 18.5 Å². The number of aliphatic hydroxyl groups is 1. The summed E-state index contributed by atoms with van der Waals surface area (Å²) in [5.41, 5.74) is 2.50. The van der Waals surface area contributed by atoms with Crippen molar-refractivity contribution in [3.8, 4) is 0 Å². The van der Waals surface area contributed by atoms with Gasteiger partial charge in [-0.05, 0) is 30.2 Å². The first-order chi connectivity index (χ1) is 10.6. The van der Waals surface area contributed by atoms with Gasteiger partial charge in [0.25, 0.3) is 0 Å². The highest BCUT2D eigenvalue weighted by molar-refractivity contribution is 6.31. The first-order valence-corrected chi connectivity index (χ1v) is 7.45. The smallest absolute Gasteiger partial charge is 0.322 e. The van der Waals surface area contributed by atoms with E-state index in [0.717, 1.165) is 11.1 Å². The molecule has 0 radical (unpaired) electrons. The van der Waals surface area contributed by atoms with Crippen LogP contribution in [-0.4, -0.2) is 29.2 Å². The fourth-order valence-corrected chi connectivity index (χ4v) is 2.29. The zero-order valence-corrected chi connectivity index (χ0v) is 13.2. The van der Waals surface area contributed by atoms with Gasteiger partial charge in [-0.15, -0.1) is 0 Å². The summed E-state index contributed by atoms with van der Waals surface area (Å²) >= 11 is 6.06. The monoisotopic (exact) mass is 318 g/mol. The molecule has 0 atom stereocenters. The van der Waals surface area contributed by atoms with Crippen molar-refractivity contribution in [1.82, 2.24) is 4.90 Å². The molecule has 2 aromatic carbocycles. The highest BCUT2D eigenvalue weighted by Gasteiger charge is 2.15. The second-order valence-electron chi connectivity index (χ2n) is 4.97. The van der Waals surface area contributed by atoms with Gasteiger partial charge in [0.2, 0.25) is 0 Å². The van der Waals surface area contributed by atoms with Crippen LogP contribution in [0.2, 0.25) is 5.02 Å². The molecule has 2 amide bonds. The summed E-state index contributed by atoms with van der Waals surface area (Å²) in [4.78, 5) is 14.0. The molecule has 0 aliphatic heterocycles. The summed E-state index contributed by atoms with van der Waals surface area (Å²) in [7, 11) is 0. The minimum atomic E-state index is -0.261. The number of carbonyl (C=O) groups excluding carboxylic acids is 1. The average molecular weight is 319 g/mol. The molecule has 2 N–H and O–H groups in total. The van der Waals surface area contributed by atoms with E-state index >= 15 is 0 Å². The van der Waals surface area contributed by atoms with E-state index in [1.165, 1.54) is 0 Å². The van der Waals surface area contributed by atoms with E-state index in [9.17, 15) is 9.90 Å². The van der Waals surface area contributed by atoms with Crippen molar-refractivity contribution >= 4 is 23.3 Å². The number of halogens is 1. The van der Waals surface area contributed by atoms with Gasteiger partial charge in [0.1, 0.15) is 0 Å². The fraction of sp³-hybridized carbons (Fsp3) is 0.235. The third kappa shape index (κ3) is 4.23. The van der Waals surface area contributed by atoms with Gasteiger partial charge >= 0.3 is 6.03 Å². The quantitative estimate of drug-likeness (QED) is 0.883. The number of benzene rings is 2. The molecule has 5 heteroatoms. The van der Waals surface area contributed by atoms with Crippen LogP contribution in [0.3, 0.4) is 0 Å². The molecule has 2 rings (SSSR count). The molecule has 0 fully saturated rings.